The minimum Gasteiger partial charge on any atom is -0.508 e. The number of benzene rings is 2. The number of aromatic hydroxyl groups is 1. The van der Waals surface area contributed by atoms with Gasteiger partial charge in [0.15, 0.2) is 17.7 Å². The van der Waals surface area contributed by atoms with Gasteiger partial charge < -0.3 is 19.3 Å². The molecule has 3 heterocycles. The fourth-order valence-electron chi connectivity index (χ4n) is 4.75. The monoisotopic (exact) mass is 367 g/mol. The van der Waals surface area contributed by atoms with Gasteiger partial charge >= 0.3 is 0 Å². The van der Waals surface area contributed by atoms with E-state index < -0.39 is 0 Å². The van der Waals surface area contributed by atoms with E-state index >= 15 is 0 Å². The molecule has 2 aromatic rings. The number of ether oxygens (including phenoxy) is 3. The van der Waals surface area contributed by atoms with Gasteiger partial charge in [-0.1, -0.05) is 31.5 Å². The Labute approximate surface area is 159 Å². The molecule has 0 aliphatic carbocycles. The lowest BCUT2D eigenvalue weighted by Gasteiger charge is -2.44. The van der Waals surface area contributed by atoms with Gasteiger partial charge in [0, 0.05) is 42.1 Å². The molecule has 27 heavy (non-hydrogen) atoms. The third kappa shape index (κ3) is 2.81. The maximum Gasteiger partial charge on any atom is 0.231 e. The maximum absolute atomic E-state index is 10.6. The van der Waals surface area contributed by atoms with Crippen LogP contribution in [0.25, 0.3) is 0 Å². The summed E-state index contributed by atoms with van der Waals surface area (Å²) in [7, 11) is 0. The topological polar surface area (TPSA) is 51.2 Å². The van der Waals surface area contributed by atoms with Crippen LogP contribution >= 0.6 is 0 Å². The predicted octanol–water partition coefficient (Wildman–Crippen LogP) is 4.09. The van der Waals surface area contributed by atoms with E-state index in [4.69, 9.17) is 14.2 Å². The molecule has 3 unspecified atom stereocenters. The number of likely N-dealkylation sites (tertiary alicyclic amines) is 1. The van der Waals surface area contributed by atoms with Gasteiger partial charge in [-0.2, -0.15) is 0 Å². The van der Waals surface area contributed by atoms with Gasteiger partial charge in [-0.3, -0.25) is 4.90 Å². The summed E-state index contributed by atoms with van der Waals surface area (Å²) in [5.41, 5.74) is 2.00. The van der Waals surface area contributed by atoms with E-state index in [1.165, 1.54) is 19.3 Å². The normalized spacial score (nSPS) is 27.1. The minimum absolute atomic E-state index is 0.0113. The quantitative estimate of drug-likeness (QED) is 0.866. The molecule has 0 amide bonds. The first-order chi connectivity index (χ1) is 13.2. The SMILES string of the molecule is CC1C(c2ccccc2O)c2cc3c(cc2OC1N1CCCCC1)OCO3. The summed E-state index contributed by atoms with van der Waals surface area (Å²) in [4.78, 5) is 2.45. The predicted molar refractivity (Wildman–Crippen MR) is 102 cm³/mol. The van der Waals surface area contributed by atoms with Crippen molar-refractivity contribution in [3.8, 4) is 23.0 Å². The molecule has 142 valence electrons. The van der Waals surface area contributed by atoms with Crippen molar-refractivity contribution in [3.63, 3.8) is 0 Å². The first kappa shape index (κ1) is 16.8. The molecule has 1 fully saturated rings. The second-order valence-corrected chi connectivity index (χ2v) is 7.74. The summed E-state index contributed by atoms with van der Waals surface area (Å²) >= 11 is 0. The molecule has 0 spiro atoms. The van der Waals surface area contributed by atoms with Crippen LogP contribution in [0.2, 0.25) is 0 Å². The number of rotatable bonds is 2. The Hall–Kier alpha value is -2.40. The molecule has 5 heteroatoms. The lowest BCUT2D eigenvalue weighted by molar-refractivity contribution is -0.0405. The van der Waals surface area contributed by atoms with E-state index in [1.54, 1.807) is 6.07 Å². The van der Waals surface area contributed by atoms with E-state index in [0.717, 1.165) is 41.5 Å². The van der Waals surface area contributed by atoms with E-state index in [-0.39, 0.29) is 24.9 Å². The molecule has 0 bridgehead atoms. The fourth-order valence-corrected chi connectivity index (χ4v) is 4.75. The molecular weight excluding hydrogens is 342 g/mol. The zero-order valence-corrected chi connectivity index (χ0v) is 15.6. The fraction of sp³-hybridized carbons (Fsp3) is 0.455. The first-order valence-electron chi connectivity index (χ1n) is 9.84. The Morgan fingerprint density at radius 3 is 2.44 bits per heavy atom. The molecule has 3 aliphatic rings. The highest BCUT2D eigenvalue weighted by Gasteiger charge is 2.41. The number of phenolic OH excluding ortho intramolecular Hbond substituents is 1. The number of phenols is 1. The van der Waals surface area contributed by atoms with Crippen molar-refractivity contribution < 1.29 is 19.3 Å². The number of hydrogen-bond donors (Lipinski definition) is 1. The largest absolute Gasteiger partial charge is 0.508 e. The summed E-state index contributed by atoms with van der Waals surface area (Å²) in [6.45, 7) is 4.58. The number of hydrogen-bond acceptors (Lipinski definition) is 5. The first-order valence-corrected chi connectivity index (χ1v) is 9.84. The van der Waals surface area contributed by atoms with Crippen molar-refractivity contribution in [2.45, 2.75) is 38.3 Å². The zero-order valence-electron chi connectivity index (χ0n) is 15.6. The Bertz CT molecular complexity index is 846. The molecule has 1 N–H and O–H groups in total. The minimum atomic E-state index is -0.0113. The van der Waals surface area contributed by atoms with Crippen LogP contribution in [0.3, 0.4) is 0 Å². The third-order valence-corrected chi connectivity index (χ3v) is 6.09. The Balaban J connectivity index is 1.62. The summed E-state index contributed by atoms with van der Waals surface area (Å²) in [6, 6.07) is 11.6. The van der Waals surface area contributed by atoms with Crippen molar-refractivity contribution in [1.82, 2.24) is 4.90 Å². The third-order valence-electron chi connectivity index (χ3n) is 6.09. The average Bonchev–Trinajstić information content (AvgIpc) is 3.15. The van der Waals surface area contributed by atoms with Crippen molar-refractivity contribution in [2.75, 3.05) is 19.9 Å². The smallest absolute Gasteiger partial charge is 0.231 e. The molecule has 0 aromatic heterocycles. The lowest BCUT2D eigenvalue weighted by Crippen LogP contribution is -2.50. The zero-order chi connectivity index (χ0) is 18.4. The van der Waals surface area contributed by atoms with Crippen molar-refractivity contribution in [3.05, 3.63) is 47.5 Å². The van der Waals surface area contributed by atoms with Gasteiger partial charge in [-0.25, -0.2) is 0 Å². The molecule has 2 aromatic carbocycles. The molecule has 5 rings (SSSR count). The van der Waals surface area contributed by atoms with E-state index in [0.29, 0.717) is 5.75 Å². The second kappa shape index (κ2) is 6.64. The molecule has 0 radical (unpaired) electrons. The lowest BCUT2D eigenvalue weighted by atomic mass is 9.77. The van der Waals surface area contributed by atoms with Crippen LogP contribution in [0.5, 0.6) is 23.0 Å². The van der Waals surface area contributed by atoms with Crippen LogP contribution < -0.4 is 14.2 Å². The van der Waals surface area contributed by atoms with Gasteiger partial charge in [-0.15, -0.1) is 0 Å². The molecule has 3 aliphatic heterocycles. The van der Waals surface area contributed by atoms with Crippen LogP contribution in [-0.4, -0.2) is 36.1 Å². The number of fused-ring (bicyclic) bond motifs is 2. The van der Waals surface area contributed by atoms with Crippen molar-refractivity contribution in [1.29, 1.82) is 0 Å². The highest BCUT2D eigenvalue weighted by atomic mass is 16.7. The summed E-state index contributed by atoms with van der Waals surface area (Å²) in [5.74, 6) is 2.89. The summed E-state index contributed by atoms with van der Waals surface area (Å²) in [5, 5.41) is 10.6. The van der Waals surface area contributed by atoms with Crippen LogP contribution in [0.1, 0.15) is 43.2 Å². The Kier molecular flexibility index (Phi) is 4.12. The Morgan fingerprint density at radius 2 is 1.67 bits per heavy atom. The average molecular weight is 367 g/mol. The van der Waals surface area contributed by atoms with E-state index in [1.807, 2.05) is 30.3 Å². The molecular formula is C22H25NO4. The summed E-state index contributed by atoms with van der Waals surface area (Å²) in [6.07, 6.45) is 3.70. The van der Waals surface area contributed by atoms with Gasteiger partial charge in [0.2, 0.25) is 6.79 Å². The van der Waals surface area contributed by atoms with Gasteiger partial charge in [0.1, 0.15) is 11.5 Å². The van der Waals surface area contributed by atoms with Crippen LogP contribution in [0.4, 0.5) is 0 Å². The van der Waals surface area contributed by atoms with Gasteiger partial charge in [0.25, 0.3) is 0 Å². The maximum atomic E-state index is 10.6. The number of para-hydroxylation sites is 1. The number of piperidine rings is 1. The second-order valence-electron chi connectivity index (χ2n) is 7.74. The van der Waals surface area contributed by atoms with Crippen LogP contribution in [0.15, 0.2) is 36.4 Å². The Morgan fingerprint density at radius 1 is 0.926 bits per heavy atom. The van der Waals surface area contributed by atoms with E-state index in [2.05, 4.69) is 11.8 Å². The van der Waals surface area contributed by atoms with Gasteiger partial charge in [0.05, 0.1) is 0 Å². The highest BCUT2D eigenvalue weighted by Crippen LogP contribution is 2.51. The standard InChI is InChI=1S/C22H25NO4/c1-14-21(15-7-3-4-8-17(15)24)16-11-19-20(26-13-25-19)12-18(16)27-22(14)23-9-5-2-6-10-23/h3-4,7-8,11-12,14,21-22,24H,2,5-6,9-10,13H2,1H3. The highest BCUT2D eigenvalue weighted by molar-refractivity contribution is 5.57. The van der Waals surface area contributed by atoms with Crippen molar-refractivity contribution in [2.24, 2.45) is 5.92 Å². The molecule has 0 saturated carbocycles. The summed E-state index contributed by atoms with van der Waals surface area (Å²) < 4.78 is 17.7. The number of nitrogens with zero attached hydrogens (tertiary/aromatic N) is 1. The van der Waals surface area contributed by atoms with Crippen LogP contribution in [-0.2, 0) is 0 Å². The van der Waals surface area contributed by atoms with E-state index in [9.17, 15) is 5.11 Å². The molecule has 1 saturated heterocycles. The van der Waals surface area contributed by atoms with Crippen molar-refractivity contribution >= 4 is 0 Å². The van der Waals surface area contributed by atoms with Gasteiger partial charge in [-0.05, 0) is 25.0 Å². The molecule has 5 nitrogen and oxygen atoms in total. The van der Waals surface area contributed by atoms with Crippen LogP contribution in [0, 0.1) is 5.92 Å². The molecule has 3 atom stereocenters.